The van der Waals surface area contributed by atoms with Gasteiger partial charge in [-0.25, -0.2) is 8.42 Å². The topological polar surface area (TPSA) is 90.0 Å². The van der Waals surface area contributed by atoms with Gasteiger partial charge in [0.05, 0.1) is 20.0 Å². The number of esters is 2. The normalized spacial score (nSPS) is 11.2. The van der Waals surface area contributed by atoms with Crippen molar-refractivity contribution in [2.24, 2.45) is 0 Å². The van der Waals surface area contributed by atoms with Crippen molar-refractivity contribution in [3.05, 3.63) is 35.9 Å². The smallest absolute Gasteiger partial charge is 0.321 e. The minimum absolute atomic E-state index is 0.318. The third-order valence-corrected chi connectivity index (χ3v) is 4.39. The summed E-state index contributed by atoms with van der Waals surface area (Å²) in [6, 6.07) is 8.46. The maximum atomic E-state index is 12.3. The first kappa shape index (κ1) is 17.1. The summed E-state index contributed by atoms with van der Waals surface area (Å²) >= 11 is 0. The molecule has 0 saturated heterocycles. The molecular formula is C13H17NO6S. The Bertz CT molecular complexity index is 566. The zero-order chi connectivity index (χ0) is 15.9. The largest absolute Gasteiger partial charge is 0.468 e. The van der Waals surface area contributed by atoms with Gasteiger partial charge in [0.2, 0.25) is 10.0 Å². The maximum Gasteiger partial charge on any atom is 0.321 e. The van der Waals surface area contributed by atoms with Crippen LogP contribution in [0.5, 0.6) is 0 Å². The van der Waals surface area contributed by atoms with E-state index in [4.69, 9.17) is 0 Å². The predicted molar refractivity (Wildman–Crippen MR) is 74.7 cm³/mol. The molecule has 0 unspecified atom stereocenters. The SMILES string of the molecule is COC(=O)CN(CC(=O)OC)S(=O)(=O)Cc1ccccc1. The molecule has 0 amide bonds. The Balaban J connectivity index is 2.93. The highest BCUT2D eigenvalue weighted by Gasteiger charge is 2.27. The second kappa shape index (κ2) is 7.75. The summed E-state index contributed by atoms with van der Waals surface area (Å²) < 4.78 is 34.3. The van der Waals surface area contributed by atoms with E-state index in [1.165, 1.54) is 0 Å². The van der Waals surface area contributed by atoms with Crippen LogP contribution in [0.25, 0.3) is 0 Å². The molecule has 0 fully saturated rings. The fourth-order valence-corrected chi connectivity index (χ4v) is 2.95. The first-order chi connectivity index (χ1) is 9.89. The summed E-state index contributed by atoms with van der Waals surface area (Å²) in [5.74, 6) is -1.83. The molecule has 0 heterocycles. The Morgan fingerprint density at radius 2 is 1.48 bits per heavy atom. The summed E-state index contributed by atoms with van der Waals surface area (Å²) in [4.78, 5) is 22.6. The fraction of sp³-hybridized carbons (Fsp3) is 0.385. The minimum atomic E-state index is -3.85. The molecule has 0 atom stereocenters. The van der Waals surface area contributed by atoms with Gasteiger partial charge in [-0.1, -0.05) is 30.3 Å². The van der Waals surface area contributed by atoms with Gasteiger partial charge in [0.25, 0.3) is 0 Å². The van der Waals surface area contributed by atoms with E-state index in [1.54, 1.807) is 30.3 Å². The van der Waals surface area contributed by atoms with E-state index >= 15 is 0 Å². The van der Waals surface area contributed by atoms with Crippen molar-refractivity contribution in [2.45, 2.75) is 5.75 Å². The number of nitrogens with zero attached hydrogens (tertiary/aromatic N) is 1. The van der Waals surface area contributed by atoms with Crippen LogP contribution in [0.15, 0.2) is 30.3 Å². The van der Waals surface area contributed by atoms with E-state index in [0.29, 0.717) is 5.56 Å². The molecule has 116 valence electrons. The number of carbonyl (C=O) groups excluding carboxylic acids is 2. The van der Waals surface area contributed by atoms with E-state index in [-0.39, 0.29) is 5.75 Å². The van der Waals surface area contributed by atoms with Crippen LogP contribution < -0.4 is 0 Å². The molecule has 7 nitrogen and oxygen atoms in total. The standard InChI is InChI=1S/C13H17NO6S/c1-19-12(15)8-14(9-13(16)20-2)21(17,18)10-11-6-4-3-5-7-11/h3-7H,8-10H2,1-2H3. The quantitative estimate of drug-likeness (QED) is 0.666. The third kappa shape index (κ3) is 5.52. The van der Waals surface area contributed by atoms with Crippen molar-refractivity contribution in [1.29, 1.82) is 0 Å². The minimum Gasteiger partial charge on any atom is -0.468 e. The molecule has 0 N–H and O–H groups in total. The Labute approximate surface area is 123 Å². The lowest BCUT2D eigenvalue weighted by Gasteiger charge is -2.19. The molecule has 0 bridgehead atoms. The number of carbonyl (C=O) groups is 2. The molecule has 21 heavy (non-hydrogen) atoms. The van der Waals surface area contributed by atoms with E-state index in [1.807, 2.05) is 0 Å². The molecule has 1 rings (SSSR count). The molecule has 0 radical (unpaired) electrons. The summed E-state index contributed by atoms with van der Waals surface area (Å²) in [6.07, 6.45) is 0. The maximum absolute atomic E-state index is 12.3. The number of sulfonamides is 1. The predicted octanol–water partition coefficient (Wildman–Crippen LogP) is 0.164. The van der Waals surface area contributed by atoms with Gasteiger partial charge in [-0.3, -0.25) is 9.59 Å². The van der Waals surface area contributed by atoms with Crippen molar-refractivity contribution >= 4 is 22.0 Å². The lowest BCUT2D eigenvalue weighted by atomic mass is 10.2. The van der Waals surface area contributed by atoms with E-state index in [0.717, 1.165) is 18.5 Å². The Hall–Kier alpha value is -1.93. The zero-order valence-corrected chi connectivity index (χ0v) is 12.6. The van der Waals surface area contributed by atoms with Crippen LogP contribution in [0.3, 0.4) is 0 Å². The van der Waals surface area contributed by atoms with Crippen LogP contribution in [0, 0.1) is 0 Å². The molecule has 0 aliphatic heterocycles. The monoisotopic (exact) mass is 315 g/mol. The number of methoxy groups -OCH3 is 2. The van der Waals surface area contributed by atoms with Gasteiger partial charge in [0.15, 0.2) is 0 Å². The molecule has 0 saturated carbocycles. The molecule has 0 aliphatic carbocycles. The number of rotatable bonds is 7. The van der Waals surface area contributed by atoms with Gasteiger partial charge in [0.1, 0.15) is 13.1 Å². The van der Waals surface area contributed by atoms with Gasteiger partial charge < -0.3 is 9.47 Å². The summed E-state index contributed by atoms with van der Waals surface area (Å²) in [7, 11) is -1.57. The number of hydrogen-bond acceptors (Lipinski definition) is 6. The second-order valence-corrected chi connectivity index (χ2v) is 6.13. The highest BCUT2D eigenvalue weighted by atomic mass is 32.2. The van der Waals surface area contributed by atoms with Gasteiger partial charge in [-0.15, -0.1) is 0 Å². The number of benzene rings is 1. The van der Waals surface area contributed by atoms with Crippen LogP contribution in [0.4, 0.5) is 0 Å². The van der Waals surface area contributed by atoms with E-state index in [2.05, 4.69) is 9.47 Å². The van der Waals surface area contributed by atoms with Gasteiger partial charge in [-0.2, -0.15) is 4.31 Å². The lowest BCUT2D eigenvalue weighted by molar-refractivity contribution is -0.143. The second-order valence-electron chi connectivity index (χ2n) is 4.16. The van der Waals surface area contributed by atoms with Crippen molar-refractivity contribution in [1.82, 2.24) is 4.31 Å². The van der Waals surface area contributed by atoms with Crippen LogP contribution in [0.2, 0.25) is 0 Å². The summed E-state index contributed by atoms with van der Waals surface area (Å²) in [5.41, 5.74) is 0.553. The Kier molecular flexibility index (Phi) is 6.32. The van der Waals surface area contributed by atoms with Crippen LogP contribution >= 0.6 is 0 Å². The molecule has 0 spiro atoms. The molecule has 1 aromatic carbocycles. The first-order valence-corrected chi connectivity index (χ1v) is 7.65. The van der Waals surface area contributed by atoms with Crippen molar-refractivity contribution in [2.75, 3.05) is 27.3 Å². The molecule has 0 aromatic heterocycles. The molecule has 0 aliphatic rings. The molecular weight excluding hydrogens is 298 g/mol. The van der Waals surface area contributed by atoms with Crippen LogP contribution in [-0.2, 0) is 34.8 Å². The Morgan fingerprint density at radius 3 is 1.90 bits per heavy atom. The average Bonchev–Trinajstić information content (AvgIpc) is 2.46. The summed E-state index contributed by atoms with van der Waals surface area (Å²) in [6.45, 7) is -1.08. The van der Waals surface area contributed by atoms with E-state index in [9.17, 15) is 18.0 Å². The number of ether oxygens (including phenoxy) is 2. The van der Waals surface area contributed by atoms with E-state index < -0.39 is 35.1 Å². The fourth-order valence-electron chi connectivity index (χ4n) is 1.55. The highest BCUT2D eigenvalue weighted by Crippen LogP contribution is 2.11. The van der Waals surface area contributed by atoms with Crippen LogP contribution in [0.1, 0.15) is 5.56 Å². The first-order valence-electron chi connectivity index (χ1n) is 6.04. The van der Waals surface area contributed by atoms with Gasteiger partial charge in [-0.05, 0) is 5.56 Å². The summed E-state index contributed by atoms with van der Waals surface area (Å²) in [5, 5.41) is 0. The lowest BCUT2D eigenvalue weighted by Crippen LogP contribution is -2.40. The molecule has 1 aromatic rings. The average molecular weight is 315 g/mol. The Morgan fingerprint density at radius 1 is 1.00 bits per heavy atom. The molecule has 8 heteroatoms. The van der Waals surface area contributed by atoms with Crippen molar-refractivity contribution in [3.8, 4) is 0 Å². The van der Waals surface area contributed by atoms with Crippen molar-refractivity contribution < 1.29 is 27.5 Å². The number of hydrogen-bond donors (Lipinski definition) is 0. The third-order valence-electron chi connectivity index (χ3n) is 2.65. The van der Waals surface area contributed by atoms with Crippen molar-refractivity contribution in [3.63, 3.8) is 0 Å². The van der Waals surface area contributed by atoms with Gasteiger partial charge in [0, 0.05) is 0 Å². The highest BCUT2D eigenvalue weighted by molar-refractivity contribution is 7.88. The van der Waals surface area contributed by atoms with Crippen LogP contribution in [-0.4, -0.2) is 52.0 Å². The zero-order valence-electron chi connectivity index (χ0n) is 11.8. The van der Waals surface area contributed by atoms with Gasteiger partial charge >= 0.3 is 11.9 Å².